The van der Waals surface area contributed by atoms with Crippen molar-refractivity contribution in [2.24, 2.45) is 5.92 Å². The molecule has 0 saturated carbocycles. The molecule has 0 saturated heterocycles. The van der Waals surface area contributed by atoms with Crippen molar-refractivity contribution in [3.05, 3.63) is 40.8 Å². The maximum atomic E-state index is 12.3. The van der Waals surface area contributed by atoms with Gasteiger partial charge in [-0.25, -0.2) is 4.68 Å². The lowest BCUT2D eigenvalue weighted by molar-refractivity contribution is 0.412. The zero-order chi connectivity index (χ0) is 13.7. The average molecular weight is 259 g/mol. The van der Waals surface area contributed by atoms with Crippen LogP contribution in [0, 0.1) is 5.92 Å². The van der Waals surface area contributed by atoms with Gasteiger partial charge in [-0.2, -0.15) is 5.10 Å². The van der Waals surface area contributed by atoms with E-state index in [1.807, 2.05) is 24.3 Å². The number of benzene rings is 1. The molecule has 4 nitrogen and oxygen atoms in total. The minimum Gasteiger partial charge on any atom is -0.316 e. The number of hydrogen-bond acceptors (Lipinski definition) is 3. The Morgan fingerprint density at radius 1 is 1.37 bits per heavy atom. The SMILES string of the molecule is CCCNCC(C)Cn1ncc2ccccc2c1=O. The molecule has 1 aromatic carbocycles. The number of aromatic nitrogens is 2. The largest absolute Gasteiger partial charge is 0.316 e. The first kappa shape index (κ1) is 13.7. The Kier molecular flexibility index (Phi) is 4.68. The molecule has 4 heteroatoms. The lowest BCUT2D eigenvalue weighted by Gasteiger charge is -2.13. The molecule has 1 aromatic heterocycles. The summed E-state index contributed by atoms with van der Waals surface area (Å²) in [4.78, 5) is 12.3. The summed E-state index contributed by atoms with van der Waals surface area (Å²) in [5.74, 6) is 0.387. The Labute approximate surface area is 113 Å². The van der Waals surface area contributed by atoms with E-state index in [-0.39, 0.29) is 5.56 Å². The van der Waals surface area contributed by atoms with E-state index in [0.29, 0.717) is 12.5 Å². The quantitative estimate of drug-likeness (QED) is 0.807. The maximum Gasteiger partial charge on any atom is 0.274 e. The fourth-order valence-electron chi connectivity index (χ4n) is 2.14. The van der Waals surface area contributed by atoms with Gasteiger partial charge in [-0.15, -0.1) is 0 Å². The minimum atomic E-state index is 0.000409. The smallest absolute Gasteiger partial charge is 0.274 e. The van der Waals surface area contributed by atoms with Gasteiger partial charge in [0.15, 0.2) is 0 Å². The highest BCUT2D eigenvalue weighted by Crippen LogP contribution is 2.07. The Balaban J connectivity index is 2.13. The van der Waals surface area contributed by atoms with Crippen LogP contribution >= 0.6 is 0 Å². The predicted molar refractivity (Wildman–Crippen MR) is 78.3 cm³/mol. The van der Waals surface area contributed by atoms with Crippen LogP contribution in [-0.4, -0.2) is 22.9 Å². The van der Waals surface area contributed by atoms with Crippen molar-refractivity contribution in [3.8, 4) is 0 Å². The first-order chi connectivity index (χ1) is 9.22. The zero-order valence-electron chi connectivity index (χ0n) is 11.6. The van der Waals surface area contributed by atoms with E-state index < -0.39 is 0 Å². The highest BCUT2D eigenvalue weighted by Gasteiger charge is 2.07. The van der Waals surface area contributed by atoms with Crippen molar-refractivity contribution >= 4 is 10.8 Å². The summed E-state index contributed by atoms with van der Waals surface area (Å²) in [5, 5.41) is 9.26. The van der Waals surface area contributed by atoms with E-state index in [1.54, 1.807) is 10.9 Å². The van der Waals surface area contributed by atoms with Crippen LogP contribution in [0.25, 0.3) is 10.8 Å². The van der Waals surface area contributed by atoms with Crippen LogP contribution in [0.1, 0.15) is 20.3 Å². The molecule has 2 rings (SSSR count). The van der Waals surface area contributed by atoms with Gasteiger partial charge in [0.05, 0.1) is 11.6 Å². The van der Waals surface area contributed by atoms with E-state index >= 15 is 0 Å². The van der Waals surface area contributed by atoms with Gasteiger partial charge >= 0.3 is 0 Å². The van der Waals surface area contributed by atoms with E-state index in [2.05, 4.69) is 24.3 Å². The third-order valence-corrected chi connectivity index (χ3v) is 3.17. The summed E-state index contributed by atoms with van der Waals surface area (Å²) in [6.07, 6.45) is 2.89. The van der Waals surface area contributed by atoms with Gasteiger partial charge in [-0.1, -0.05) is 32.0 Å². The third kappa shape index (κ3) is 3.41. The van der Waals surface area contributed by atoms with Gasteiger partial charge < -0.3 is 5.32 Å². The second-order valence-electron chi connectivity index (χ2n) is 5.03. The molecule has 0 fully saturated rings. The summed E-state index contributed by atoms with van der Waals surface area (Å²) >= 11 is 0. The van der Waals surface area contributed by atoms with Crippen molar-refractivity contribution < 1.29 is 0 Å². The van der Waals surface area contributed by atoms with Gasteiger partial charge in [0.2, 0.25) is 0 Å². The summed E-state index contributed by atoms with van der Waals surface area (Å²) in [6.45, 7) is 6.86. The number of nitrogens with zero attached hydrogens (tertiary/aromatic N) is 2. The molecule has 2 aromatic rings. The Morgan fingerprint density at radius 2 is 2.16 bits per heavy atom. The van der Waals surface area contributed by atoms with Gasteiger partial charge in [0, 0.05) is 11.9 Å². The fourth-order valence-corrected chi connectivity index (χ4v) is 2.14. The van der Waals surface area contributed by atoms with Crippen LogP contribution < -0.4 is 10.9 Å². The van der Waals surface area contributed by atoms with E-state index in [1.165, 1.54) is 0 Å². The Bertz CT molecular complexity index is 591. The summed E-state index contributed by atoms with van der Waals surface area (Å²) in [7, 11) is 0. The lowest BCUT2D eigenvalue weighted by Crippen LogP contribution is -2.30. The van der Waals surface area contributed by atoms with Gasteiger partial charge in [0.1, 0.15) is 0 Å². The molecule has 1 heterocycles. The van der Waals surface area contributed by atoms with Crippen molar-refractivity contribution in [1.29, 1.82) is 0 Å². The van der Waals surface area contributed by atoms with Crippen molar-refractivity contribution in [2.75, 3.05) is 13.1 Å². The second-order valence-corrected chi connectivity index (χ2v) is 5.03. The lowest BCUT2D eigenvalue weighted by atomic mass is 10.1. The van der Waals surface area contributed by atoms with Crippen LogP contribution in [-0.2, 0) is 6.54 Å². The molecule has 1 unspecified atom stereocenters. The number of nitrogens with one attached hydrogen (secondary N) is 1. The van der Waals surface area contributed by atoms with Crippen LogP contribution in [0.2, 0.25) is 0 Å². The molecule has 1 N–H and O–H groups in total. The molecular formula is C15H21N3O. The van der Waals surface area contributed by atoms with Crippen LogP contribution in [0.15, 0.2) is 35.3 Å². The predicted octanol–water partition coefficient (Wildman–Crippen LogP) is 2.03. The van der Waals surface area contributed by atoms with E-state index in [4.69, 9.17) is 0 Å². The molecule has 0 aliphatic rings. The van der Waals surface area contributed by atoms with Crippen molar-refractivity contribution in [3.63, 3.8) is 0 Å². The zero-order valence-corrected chi connectivity index (χ0v) is 11.6. The number of fused-ring (bicyclic) bond motifs is 1. The molecular weight excluding hydrogens is 238 g/mol. The molecule has 0 spiro atoms. The minimum absolute atomic E-state index is 0.000409. The van der Waals surface area contributed by atoms with Crippen molar-refractivity contribution in [2.45, 2.75) is 26.8 Å². The first-order valence-electron chi connectivity index (χ1n) is 6.88. The van der Waals surface area contributed by atoms with Gasteiger partial charge in [0.25, 0.3) is 5.56 Å². The standard InChI is InChI=1S/C15H21N3O/c1-3-8-16-9-12(2)11-18-15(19)14-7-5-4-6-13(14)10-17-18/h4-7,10,12,16H,3,8-9,11H2,1-2H3. The van der Waals surface area contributed by atoms with Crippen LogP contribution in [0.3, 0.4) is 0 Å². The third-order valence-electron chi connectivity index (χ3n) is 3.17. The van der Waals surface area contributed by atoms with Crippen LogP contribution in [0.4, 0.5) is 0 Å². The molecule has 0 aliphatic heterocycles. The molecule has 0 radical (unpaired) electrons. The van der Waals surface area contributed by atoms with Gasteiger partial charge in [-0.3, -0.25) is 4.79 Å². The molecule has 102 valence electrons. The molecule has 0 amide bonds. The second kappa shape index (κ2) is 6.48. The topological polar surface area (TPSA) is 46.9 Å². The first-order valence-corrected chi connectivity index (χ1v) is 6.88. The molecule has 0 aliphatic carbocycles. The van der Waals surface area contributed by atoms with E-state index in [9.17, 15) is 4.79 Å². The molecule has 1 atom stereocenters. The maximum absolute atomic E-state index is 12.3. The van der Waals surface area contributed by atoms with Crippen molar-refractivity contribution in [1.82, 2.24) is 15.1 Å². The summed E-state index contributed by atoms with van der Waals surface area (Å²) < 4.78 is 1.57. The summed E-state index contributed by atoms with van der Waals surface area (Å²) in [5.41, 5.74) is 0.000409. The monoisotopic (exact) mass is 259 g/mol. The Hall–Kier alpha value is -1.68. The number of hydrogen-bond donors (Lipinski definition) is 1. The normalized spacial score (nSPS) is 12.7. The molecule has 0 bridgehead atoms. The average Bonchev–Trinajstić information content (AvgIpc) is 2.43. The fraction of sp³-hybridized carbons (Fsp3) is 0.467. The number of rotatable bonds is 6. The summed E-state index contributed by atoms with van der Waals surface area (Å²) in [6, 6.07) is 7.58. The highest BCUT2D eigenvalue weighted by atomic mass is 16.1. The van der Waals surface area contributed by atoms with E-state index in [0.717, 1.165) is 30.3 Å². The Morgan fingerprint density at radius 3 is 2.95 bits per heavy atom. The van der Waals surface area contributed by atoms with Crippen LogP contribution in [0.5, 0.6) is 0 Å². The van der Waals surface area contributed by atoms with Gasteiger partial charge in [-0.05, 0) is 31.5 Å². The molecule has 19 heavy (non-hydrogen) atoms. The highest BCUT2D eigenvalue weighted by molar-refractivity contribution is 5.80.